The van der Waals surface area contributed by atoms with Gasteiger partial charge in [0.2, 0.25) is 0 Å². The number of rotatable bonds is 6. The van der Waals surface area contributed by atoms with Gasteiger partial charge in [-0.3, -0.25) is 8.89 Å². The van der Waals surface area contributed by atoms with Gasteiger partial charge in [-0.2, -0.15) is 5.10 Å². The summed E-state index contributed by atoms with van der Waals surface area (Å²) >= 11 is 0. The summed E-state index contributed by atoms with van der Waals surface area (Å²) in [4.78, 5) is 0.823. The van der Waals surface area contributed by atoms with Crippen LogP contribution in [0.25, 0.3) is 0 Å². The van der Waals surface area contributed by atoms with Gasteiger partial charge >= 0.3 is 0 Å². The van der Waals surface area contributed by atoms with E-state index < -0.39 is 10.8 Å². The summed E-state index contributed by atoms with van der Waals surface area (Å²) in [6.45, 7) is 5.27. The highest BCUT2D eigenvalue weighted by molar-refractivity contribution is 7.84. The van der Waals surface area contributed by atoms with E-state index in [-0.39, 0.29) is 6.61 Å². The van der Waals surface area contributed by atoms with Crippen molar-refractivity contribution >= 4 is 16.5 Å². The van der Waals surface area contributed by atoms with Crippen molar-refractivity contribution in [2.75, 3.05) is 18.2 Å². The molecule has 114 valence electrons. The van der Waals surface area contributed by atoms with Crippen LogP contribution in [0, 0.1) is 13.8 Å². The Balaban J connectivity index is 2.07. The first kappa shape index (κ1) is 15.7. The SMILES string of the molecule is Cc1nn(CCO)c(C)c1CNc1ccc(S(C)=O)cc1. The van der Waals surface area contributed by atoms with E-state index in [1.54, 1.807) is 6.26 Å². The molecule has 1 heterocycles. The van der Waals surface area contributed by atoms with Crippen LogP contribution in [0.3, 0.4) is 0 Å². The second kappa shape index (κ2) is 6.87. The number of hydrogen-bond acceptors (Lipinski definition) is 4. The lowest BCUT2D eigenvalue weighted by Gasteiger charge is -2.08. The van der Waals surface area contributed by atoms with E-state index in [2.05, 4.69) is 10.4 Å². The summed E-state index contributed by atoms with van der Waals surface area (Å²) in [7, 11) is -0.948. The van der Waals surface area contributed by atoms with E-state index in [1.165, 1.54) is 0 Å². The highest BCUT2D eigenvalue weighted by Gasteiger charge is 2.10. The van der Waals surface area contributed by atoms with Gasteiger partial charge in [0.1, 0.15) is 0 Å². The van der Waals surface area contributed by atoms with Crippen LogP contribution in [0.4, 0.5) is 5.69 Å². The summed E-state index contributed by atoms with van der Waals surface area (Å²) in [5, 5.41) is 16.8. The first-order chi connectivity index (χ1) is 10.0. The van der Waals surface area contributed by atoms with Gasteiger partial charge in [-0.05, 0) is 38.1 Å². The highest BCUT2D eigenvalue weighted by atomic mass is 32.2. The third-order valence-electron chi connectivity index (χ3n) is 3.50. The predicted octanol–water partition coefficient (Wildman–Crippen LogP) is 1.84. The number of aliphatic hydroxyl groups is 1. The van der Waals surface area contributed by atoms with E-state index in [0.717, 1.165) is 27.5 Å². The summed E-state index contributed by atoms with van der Waals surface area (Å²) in [6, 6.07) is 7.60. The maximum absolute atomic E-state index is 11.3. The lowest BCUT2D eigenvalue weighted by Crippen LogP contribution is -2.07. The molecule has 0 aliphatic carbocycles. The molecule has 1 atom stereocenters. The number of nitrogens with zero attached hydrogens (tertiary/aromatic N) is 2. The lowest BCUT2D eigenvalue weighted by molar-refractivity contribution is 0.268. The molecule has 2 N–H and O–H groups in total. The molecule has 0 amide bonds. The van der Waals surface area contributed by atoms with Gasteiger partial charge in [-0.1, -0.05) is 0 Å². The fourth-order valence-corrected chi connectivity index (χ4v) is 2.78. The zero-order valence-electron chi connectivity index (χ0n) is 12.6. The first-order valence-electron chi connectivity index (χ1n) is 6.84. The number of aromatic nitrogens is 2. The Morgan fingerprint density at radius 3 is 2.52 bits per heavy atom. The molecule has 2 aromatic rings. The molecule has 0 saturated carbocycles. The Morgan fingerprint density at radius 1 is 1.29 bits per heavy atom. The van der Waals surface area contributed by atoms with E-state index in [1.807, 2.05) is 42.8 Å². The van der Waals surface area contributed by atoms with Crippen molar-refractivity contribution in [2.45, 2.75) is 31.8 Å². The van der Waals surface area contributed by atoms with E-state index >= 15 is 0 Å². The smallest absolute Gasteiger partial charge is 0.0646 e. The first-order valence-corrected chi connectivity index (χ1v) is 8.40. The minimum Gasteiger partial charge on any atom is -0.394 e. The van der Waals surface area contributed by atoms with Crippen molar-refractivity contribution in [3.63, 3.8) is 0 Å². The van der Waals surface area contributed by atoms with Gasteiger partial charge in [0.25, 0.3) is 0 Å². The minimum absolute atomic E-state index is 0.0877. The van der Waals surface area contributed by atoms with Crippen molar-refractivity contribution in [2.24, 2.45) is 0 Å². The van der Waals surface area contributed by atoms with Crippen LogP contribution in [0.5, 0.6) is 0 Å². The number of anilines is 1. The molecule has 1 aromatic carbocycles. The lowest BCUT2D eigenvalue weighted by atomic mass is 10.2. The third kappa shape index (κ3) is 3.71. The molecule has 5 nitrogen and oxygen atoms in total. The Kier molecular flexibility index (Phi) is 5.14. The molecule has 0 spiro atoms. The van der Waals surface area contributed by atoms with Gasteiger partial charge in [0.05, 0.1) is 18.8 Å². The summed E-state index contributed by atoms with van der Waals surface area (Å²) in [5.74, 6) is 0. The van der Waals surface area contributed by atoms with Crippen molar-refractivity contribution in [1.82, 2.24) is 9.78 Å². The monoisotopic (exact) mass is 307 g/mol. The quantitative estimate of drug-likeness (QED) is 0.854. The van der Waals surface area contributed by atoms with Gasteiger partial charge in [-0.25, -0.2) is 0 Å². The number of aliphatic hydroxyl groups excluding tert-OH is 1. The van der Waals surface area contributed by atoms with Crippen LogP contribution in [0.1, 0.15) is 17.0 Å². The highest BCUT2D eigenvalue weighted by Crippen LogP contribution is 2.17. The molecule has 0 saturated heterocycles. The zero-order chi connectivity index (χ0) is 15.4. The van der Waals surface area contributed by atoms with Crippen LogP contribution < -0.4 is 5.32 Å². The maximum atomic E-state index is 11.3. The molecule has 1 unspecified atom stereocenters. The molecule has 0 radical (unpaired) electrons. The Morgan fingerprint density at radius 2 is 1.95 bits per heavy atom. The fourth-order valence-electron chi connectivity index (χ4n) is 2.26. The molecule has 0 aliphatic heterocycles. The molecule has 0 bridgehead atoms. The van der Waals surface area contributed by atoms with Crippen molar-refractivity contribution in [1.29, 1.82) is 0 Å². The molecular formula is C15H21N3O2S. The maximum Gasteiger partial charge on any atom is 0.0646 e. The normalized spacial score (nSPS) is 12.4. The second-order valence-corrected chi connectivity index (χ2v) is 6.31. The van der Waals surface area contributed by atoms with Crippen LogP contribution in [-0.4, -0.2) is 32.0 Å². The standard InChI is InChI=1S/C15H21N3O2S/c1-11-15(12(2)18(17-11)8-9-19)10-16-13-4-6-14(7-5-13)21(3)20/h4-7,16,19H,8-10H2,1-3H3. The summed E-state index contributed by atoms with van der Waals surface area (Å²) in [6.07, 6.45) is 1.67. The van der Waals surface area contributed by atoms with Gasteiger partial charge in [0, 0.05) is 45.4 Å². The van der Waals surface area contributed by atoms with Crippen LogP contribution in [0.2, 0.25) is 0 Å². The molecule has 0 fully saturated rings. The molecule has 21 heavy (non-hydrogen) atoms. The number of benzene rings is 1. The van der Waals surface area contributed by atoms with Gasteiger partial charge in [0.15, 0.2) is 0 Å². The van der Waals surface area contributed by atoms with Crippen molar-refractivity contribution < 1.29 is 9.32 Å². The molecule has 0 aliphatic rings. The van der Waals surface area contributed by atoms with Crippen molar-refractivity contribution in [3.05, 3.63) is 41.2 Å². The topological polar surface area (TPSA) is 67.2 Å². The molecule has 2 rings (SSSR count). The average molecular weight is 307 g/mol. The third-order valence-corrected chi connectivity index (χ3v) is 4.43. The van der Waals surface area contributed by atoms with Gasteiger partial charge in [-0.15, -0.1) is 0 Å². The molecular weight excluding hydrogens is 286 g/mol. The molecule has 1 aromatic heterocycles. The average Bonchev–Trinajstić information content (AvgIpc) is 2.72. The number of hydrogen-bond donors (Lipinski definition) is 2. The Bertz CT molecular complexity index is 635. The zero-order valence-corrected chi connectivity index (χ0v) is 13.4. The van der Waals surface area contributed by atoms with E-state index in [9.17, 15) is 4.21 Å². The Hall–Kier alpha value is -1.66. The van der Waals surface area contributed by atoms with E-state index in [4.69, 9.17) is 5.11 Å². The van der Waals surface area contributed by atoms with Crippen LogP contribution >= 0.6 is 0 Å². The summed E-state index contributed by atoms with van der Waals surface area (Å²) < 4.78 is 13.2. The van der Waals surface area contributed by atoms with E-state index in [0.29, 0.717) is 13.1 Å². The fraction of sp³-hybridized carbons (Fsp3) is 0.400. The Labute approximate surface area is 127 Å². The van der Waals surface area contributed by atoms with Crippen LogP contribution in [0.15, 0.2) is 29.2 Å². The van der Waals surface area contributed by atoms with Crippen LogP contribution in [-0.2, 0) is 23.9 Å². The molecule has 6 heteroatoms. The summed E-state index contributed by atoms with van der Waals surface area (Å²) in [5.41, 5.74) is 4.17. The second-order valence-electron chi connectivity index (χ2n) is 4.93. The number of nitrogens with one attached hydrogen (secondary N) is 1. The van der Waals surface area contributed by atoms with Crippen molar-refractivity contribution in [3.8, 4) is 0 Å². The van der Waals surface area contributed by atoms with Gasteiger partial charge < -0.3 is 10.4 Å². The number of aryl methyl sites for hydroxylation is 1. The largest absolute Gasteiger partial charge is 0.394 e. The predicted molar refractivity (Wildman–Crippen MR) is 84.9 cm³/mol. The minimum atomic E-state index is -0.948.